The minimum atomic E-state index is -3.56. The summed E-state index contributed by atoms with van der Waals surface area (Å²) in [5, 5.41) is 14.7. The van der Waals surface area contributed by atoms with Crippen LogP contribution in [0.3, 0.4) is 0 Å². The Morgan fingerprint density at radius 1 is 1.39 bits per heavy atom. The molecule has 0 aliphatic rings. The number of thiophene rings is 2. The van der Waals surface area contributed by atoms with Crippen molar-refractivity contribution in [1.29, 1.82) is 0 Å². The topological polar surface area (TPSA) is 66.4 Å². The zero-order valence-corrected chi connectivity index (χ0v) is 12.2. The summed E-state index contributed by atoms with van der Waals surface area (Å²) in [6, 6.07) is 1.88. The zero-order valence-electron chi connectivity index (χ0n) is 9.71. The largest absolute Gasteiger partial charge is 0.391 e. The number of hydrogen-bond donors (Lipinski definition) is 2. The van der Waals surface area contributed by atoms with Crippen molar-refractivity contribution < 1.29 is 13.5 Å². The van der Waals surface area contributed by atoms with Gasteiger partial charge in [0.25, 0.3) is 0 Å². The number of nitrogens with one attached hydrogen (secondary N) is 1. The van der Waals surface area contributed by atoms with Crippen molar-refractivity contribution in [2.45, 2.75) is 25.0 Å². The van der Waals surface area contributed by atoms with E-state index in [2.05, 4.69) is 4.72 Å². The second-order valence-electron chi connectivity index (χ2n) is 3.79. The third-order valence-corrected chi connectivity index (χ3v) is 6.03. The molecule has 2 rings (SSSR count). The molecule has 0 radical (unpaired) electrons. The standard InChI is InChI=1S/C11H13NO3S3/c1-8-6-17-10(5-13)11(8)18(14,15)12-4-9-2-3-16-7-9/h2-3,6-7,12-13H,4-5H2,1H3. The van der Waals surface area contributed by atoms with Crippen molar-refractivity contribution in [3.63, 3.8) is 0 Å². The molecule has 0 saturated carbocycles. The molecule has 4 nitrogen and oxygen atoms in total. The van der Waals surface area contributed by atoms with Gasteiger partial charge in [0.15, 0.2) is 0 Å². The zero-order chi connectivity index (χ0) is 13.2. The molecule has 2 N–H and O–H groups in total. The van der Waals surface area contributed by atoms with E-state index in [4.69, 9.17) is 5.11 Å². The predicted octanol–water partition coefficient (Wildman–Crippen LogP) is 2.09. The summed E-state index contributed by atoms with van der Waals surface area (Å²) in [5.41, 5.74) is 1.60. The van der Waals surface area contributed by atoms with E-state index in [0.717, 1.165) is 5.56 Å². The normalized spacial score (nSPS) is 11.9. The Labute approximate surface area is 114 Å². The average molecular weight is 303 g/mol. The molecule has 2 aromatic heterocycles. The first-order valence-electron chi connectivity index (χ1n) is 5.23. The number of sulfonamides is 1. The molecule has 0 aliphatic carbocycles. The van der Waals surface area contributed by atoms with E-state index in [1.165, 1.54) is 22.7 Å². The number of aliphatic hydroxyl groups is 1. The molecular weight excluding hydrogens is 290 g/mol. The van der Waals surface area contributed by atoms with Crippen LogP contribution < -0.4 is 4.72 Å². The Hall–Kier alpha value is -0.730. The number of aliphatic hydroxyl groups excluding tert-OH is 1. The minimum Gasteiger partial charge on any atom is -0.391 e. The van der Waals surface area contributed by atoms with Crippen molar-refractivity contribution >= 4 is 32.7 Å². The van der Waals surface area contributed by atoms with Crippen LogP contribution in [0.4, 0.5) is 0 Å². The van der Waals surface area contributed by atoms with Crippen molar-refractivity contribution in [1.82, 2.24) is 4.72 Å². The highest BCUT2D eigenvalue weighted by Crippen LogP contribution is 2.26. The van der Waals surface area contributed by atoms with Crippen LogP contribution in [0.1, 0.15) is 16.0 Å². The highest BCUT2D eigenvalue weighted by molar-refractivity contribution is 7.89. The van der Waals surface area contributed by atoms with E-state index in [1.54, 1.807) is 12.3 Å². The Morgan fingerprint density at radius 3 is 2.78 bits per heavy atom. The van der Waals surface area contributed by atoms with Gasteiger partial charge in [-0.2, -0.15) is 11.3 Å². The highest BCUT2D eigenvalue weighted by Gasteiger charge is 2.22. The Kier molecular flexibility index (Phi) is 4.18. The minimum absolute atomic E-state index is 0.213. The van der Waals surface area contributed by atoms with Crippen molar-refractivity contribution in [2.24, 2.45) is 0 Å². The summed E-state index contributed by atoms with van der Waals surface area (Å²) in [6.07, 6.45) is 0. The first-order valence-corrected chi connectivity index (χ1v) is 8.53. The molecule has 18 heavy (non-hydrogen) atoms. The molecule has 0 aliphatic heterocycles. The number of aryl methyl sites for hydroxylation is 1. The van der Waals surface area contributed by atoms with Crippen LogP contribution >= 0.6 is 22.7 Å². The van der Waals surface area contributed by atoms with E-state index < -0.39 is 10.0 Å². The monoisotopic (exact) mass is 303 g/mol. The van der Waals surface area contributed by atoms with Gasteiger partial charge in [-0.15, -0.1) is 11.3 Å². The molecule has 0 spiro atoms. The van der Waals surface area contributed by atoms with Gasteiger partial charge in [-0.3, -0.25) is 0 Å². The van der Waals surface area contributed by atoms with E-state index in [0.29, 0.717) is 10.4 Å². The van der Waals surface area contributed by atoms with Crippen LogP contribution in [-0.2, 0) is 23.2 Å². The van der Waals surface area contributed by atoms with Gasteiger partial charge in [0.1, 0.15) is 4.90 Å². The third-order valence-electron chi connectivity index (χ3n) is 2.45. The number of rotatable bonds is 5. The molecule has 0 aromatic carbocycles. The van der Waals surface area contributed by atoms with Crippen LogP contribution in [0, 0.1) is 6.92 Å². The predicted molar refractivity (Wildman–Crippen MR) is 73.3 cm³/mol. The van der Waals surface area contributed by atoms with Gasteiger partial charge in [-0.1, -0.05) is 0 Å². The lowest BCUT2D eigenvalue weighted by molar-refractivity contribution is 0.282. The second-order valence-corrected chi connectivity index (χ2v) is 7.23. The molecule has 2 aromatic rings. The fourth-order valence-electron chi connectivity index (χ4n) is 1.60. The van der Waals surface area contributed by atoms with E-state index in [-0.39, 0.29) is 18.0 Å². The van der Waals surface area contributed by atoms with Crippen LogP contribution in [0.25, 0.3) is 0 Å². The lowest BCUT2D eigenvalue weighted by atomic mass is 10.3. The van der Waals surface area contributed by atoms with E-state index >= 15 is 0 Å². The van der Waals surface area contributed by atoms with Crippen molar-refractivity contribution in [3.05, 3.63) is 38.2 Å². The fraction of sp³-hybridized carbons (Fsp3) is 0.273. The lowest BCUT2D eigenvalue weighted by Gasteiger charge is -2.07. The summed E-state index contributed by atoms with van der Waals surface area (Å²) in [5.74, 6) is 0. The summed E-state index contributed by atoms with van der Waals surface area (Å²) < 4.78 is 26.9. The average Bonchev–Trinajstić information content (AvgIpc) is 2.95. The van der Waals surface area contributed by atoms with Crippen molar-refractivity contribution in [2.75, 3.05) is 0 Å². The Morgan fingerprint density at radius 2 is 2.17 bits per heavy atom. The molecule has 7 heteroatoms. The molecule has 0 amide bonds. The molecule has 0 unspecified atom stereocenters. The lowest BCUT2D eigenvalue weighted by Crippen LogP contribution is -2.24. The first kappa shape index (κ1) is 13.7. The van der Waals surface area contributed by atoms with Crippen LogP contribution in [0.2, 0.25) is 0 Å². The maximum atomic E-state index is 12.2. The number of hydrogen-bond acceptors (Lipinski definition) is 5. The van der Waals surface area contributed by atoms with Gasteiger partial charge in [-0.25, -0.2) is 13.1 Å². The molecule has 0 fully saturated rings. The molecular formula is C11H13NO3S3. The molecule has 98 valence electrons. The summed E-state index contributed by atoms with van der Waals surface area (Å²) in [7, 11) is -3.56. The van der Waals surface area contributed by atoms with Crippen LogP contribution in [0.15, 0.2) is 27.1 Å². The second kappa shape index (κ2) is 5.50. The maximum absolute atomic E-state index is 12.2. The molecule has 0 saturated heterocycles. The van der Waals surface area contributed by atoms with Crippen molar-refractivity contribution in [3.8, 4) is 0 Å². The maximum Gasteiger partial charge on any atom is 0.242 e. The van der Waals surface area contributed by atoms with Gasteiger partial charge in [0.2, 0.25) is 10.0 Å². The Bertz CT molecular complexity index is 614. The van der Waals surface area contributed by atoms with E-state index in [9.17, 15) is 8.42 Å². The van der Waals surface area contributed by atoms with Gasteiger partial charge in [-0.05, 0) is 40.3 Å². The summed E-state index contributed by atoms with van der Waals surface area (Å²) >= 11 is 2.78. The van der Waals surface area contributed by atoms with E-state index in [1.807, 2.05) is 16.8 Å². The van der Waals surface area contributed by atoms with Crippen LogP contribution in [0.5, 0.6) is 0 Å². The quantitative estimate of drug-likeness (QED) is 0.889. The van der Waals surface area contributed by atoms with Gasteiger partial charge >= 0.3 is 0 Å². The Balaban J connectivity index is 2.22. The summed E-state index contributed by atoms with van der Waals surface area (Å²) in [6.45, 7) is 1.74. The fourth-order valence-corrected chi connectivity index (χ4v) is 4.95. The van der Waals surface area contributed by atoms with Gasteiger partial charge in [0.05, 0.1) is 11.5 Å². The smallest absolute Gasteiger partial charge is 0.242 e. The SMILES string of the molecule is Cc1csc(CO)c1S(=O)(=O)NCc1ccsc1. The molecule has 0 bridgehead atoms. The van der Waals surface area contributed by atoms with Gasteiger partial charge in [0, 0.05) is 6.54 Å². The van der Waals surface area contributed by atoms with Gasteiger partial charge < -0.3 is 5.11 Å². The molecule has 0 atom stereocenters. The molecule has 2 heterocycles. The van der Waals surface area contributed by atoms with Crippen LogP contribution in [-0.4, -0.2) is 13.5 Å². The first-order chi connectivity index (χ1) is 8.54. The third kappa shape index (κ3) is 2.81. The highest BCUT2D eigenvalue weighted by atomic mass is 32.2. The summed E-state index contributed by atoms with van der Waals surface area (Å²) in [4.78, 5) is 0.690.